The molecule has 6 heteroatoms. The first-order valence-corrected chi connectivity index (χ1v) is 9.58. The van der Waals surface area contributed by atoms with Crippen LogP contribution in [0.15, 0.2) is 40.8 Å². The van der Waals surface area contributed by atoms with Crippen molar-refractivity contribution in [1.82, 2.24) is 4.90 Å². The van der Waals surface area contributed by atoms with Gasteiger partial charge < -0.3 is 4.84 Å². The van der Waals surface area contributed by atoms with Crippen molar-refractivity contribution >= 4 is 12.6 Å². The molecule has 1 aromatic carbocycles. The Morgan fingerprint density at radius 1 is 1.30 bits per heavy atom. The fourth-order valence-corrected chi connectivity index (χ4v) is 3.27. The van der Waals surface area contributed by atoms with Crippen molar-refractivity contribution in [2.24, 2.45) is 16.1 Å². The number of hydrogen-bond acceptors (Lipinski definition) is 3. The van der Waals surface area contributed by atoms with Gasteiger partial charge >= 0.3 is 0 Å². The molecule has 0 aliphatic carbocycles. The molecule has 0 atom stereocenters. The summed E-state index contributed by atoms with van der Waals surface area (Å²) in [6.45, 7) is 8.77. The second-order valence-corrected chi connectivity index (χ2v) is 6.88. The highest BCUT2D eigenvalue weighted by molar-refractivity contribution is 5.87. The summed E-state index contributed by atoms with van der Waals surface area (Å²) in [5, 5.41) is 4.15. The highest BCUT2D eigenvalue weighted by atomic mass is 19.1. The number of amidine groups is 1. The monoisotopic (exact) mass is 377 g/mol. The van der Waals surface area contributed by atoms with Crippen molar-refractivity contribution in [1.29, 1.82) is 0 Å². The smallest absolute Gasteiger partial charge is 0.170 e. The van der Waals surface area contributed by atoms with Gasteiger partial charge in [-0.1, -0.05) is 30.6 Å². The highest BCUT2D eigenvalue weighted by Crippen LogP contribution is 2.22. The molecule has 4 nitrogen and oxygen atoms in total. The van der Waals surface area contributed by atoms with Gasteiger partial charge in [-0.2, -0.15) is 0 Å². The number of benzene rings is 1. The van der Waals surface area contributed by atoms with Crippen LogP contribution in [-0.4, -0.2) is 37.1 Å². The van der Waals surface area contributed by atoms with E-state index in [4.69, 9.17) is 4.84 Å². The number of nitrogens with zero attached hydrogens (tertiary/aromatic N) is 3. The van der Waals surface area contributed by atoms with Crippen LogP contribution in [0.3, 0.4) is 0 Å². The molecule has 1 aromatic rings. The van der Waals surface area contributed by atoms with E-state index in [1.165, 1.54) is 12.1 Å². The molecule has 0 radical (unpaired) electrons. The van der Waals surface area contributed by atoms with E-state index in [1.54, 1.807) is 6.07 Å². The Labute approximate surface area is 160 Å². The van der Waals surface area contributed by atoms with Crippen molar-refractivity contribution in [2.45, 2.75) is 45.6 Å². The Morgan fingerprint density at radius 3 is 2.70 bits per heavy atom. The Bertz CT molecular complexity index is 653. The van der Waals surface area contributed by atoms with Gasteiger partial charge in [0.2, 0.25) is 0 Å². The molecular formula is C21H29F2N3O. The first-order valence-electron chi connectivity index (χ1n) is 9.58. The fraction of sp³-hybridized carbons (Fsp3) is 0.524. The quantitative estimate of drug-likeness (QED) is 0.266. The Kier molecular flexibility index (Phi) is 9.11. The van der Waals surface area contributed by atoms with Gasteiger partial charge in [0.15, 0.2) is 5.84 Å². The fourth-order valence-electron chi connectivity index (χ4n) is 3.27. The van der Waals surface area contributed by atoms with Crippen molar-refractivity contribution in [3.63, 3.8) is 0 Å². The zero-order valence-corrected chi connectivity index (χ0v) is 16.0. The zero-order valence-electron chi connectivity index (χ0n) is 16.0. The van der Waals surface area contributed by atoms with Gasteiger partial charge in [-0.05, 0) is 68.7 Å². The lowest BCUT2D eigenvalue weighted by molar-refractivity contribution is 0.136. The molecule has 0 aromatic heterocycles. The maximum Gasteiger partial charge on any atom is 0.170 e. The summed E-state index contributed by atoms with van der Waals surface area (Å²) in [4.78, 5) is 11.7. The summed E-state index contributed by atoms with van der Waals surface area (Å²) in [6.07, 6.45) is 6.15. The van der Waals surface area contributed by atoms with E-state index in [9.17, 15) is 8.78 Å². The van der Waals surface area contributed by atoms with Crippen LogP contribution in [0.5, 0.6) is 0 Å². The maximum atomic E-state index is 13.8. The van der Waals surface area contributed by atoms with Crippen molar-refractivity contribution in [3.05, 3.63) is 47.5 Å². The van der Waals surface area contributed by atoms with Gasteiger partial charge in [-0.25, -0.2) is 13.8 Å². The molecule has 1 heterocycles. The molecule has 2 rings (SSSR count). The number of aliphatic imine (C=N–C) groups is 1. The Morgan fingerprint density at radius 2 is 2.04 bits per heavy atom. The first-order chi connectivity index (χ1) is 13.2. The number of halogens is 2. The summed E-state index contributed by atoms with van der Waals surface area (Å²) in [7, 11) is 0. The van der Waals surface area contributed by atoms with E-state index in [0.717, 1.165) is 49.9 Å². The number of likely N-dealkylation sites (tertiary alicyclic amines) is 1. The average Bonchev–Trinajstić information content (AvgIpc) is 2.67. The minimum absolute atomic E-state index is 0.248. The predicted molar refractivity (Wildman–Crippen MR) is 106 cm³/mol. The van der Waals surface area contributed by atoms with E-state index >= 15 is 0 Å². The molecule has 1 fully saturated rings. The molecule has 1 aliphatic rings. The predicted octanol–water partition coefficient (Wildman–Crippen LogP) is 4.89. The first kappa shape index (κ1) is 21.2. The summed E-state index contributed by atoms with van der Waals surface area (Å²) in [6, 6.07) is 4.94. The molecule has 0 N–H and O–H groups in total. The minimum atomic E-state index is -0.279. The van der Waals surface area contributed by atoms with Crippen molar-refractivity contribution in [2.75, 3.05) is 19.7 Å². The highest BCUT2D eigenvalue weighted by Gasteiger charge is 2.23. The normalized spacial score (nSPS) is 16.8. The molecular weight excluding hydrogens is 348 g/mol. The van der Waals surface area contributed by atoms with Crippen LogP contribution < -0.4 is 0 Å². The topological polar surface area (TPSA) is 37.2 Å². The molecule has 1 aliphatic heterocycles. The van der Waals surface area contributed by atoms with Crippen LogP contribution in [0, 0.1) is 11.7 Å². The third-order valence-electron chi connectivity index (χ3n) is 4.73. The molecule has 0 spiro atoms. The van der Waals surface area contributed by atoms with E-state index in [2.05, 4.69) is 28.7 Å². The van der Waals surface area contributed by atoms with E-state index in [-0.39, 0.29) is 11.7 Å². The van der Waals surface area contributed by atoms with E-state index in [1.807, 2.05) is 6.07 Å². The number of piperidine rings is 1. The third-order valence-corrected chi connectivity index (χ3v) is 4.73. The Balaban J connectivity index is 1.88. The standard InChI is InChI=1S/C21H29F2N3O/c1-3-4-12-27-25-21(24-2)19-7-10-26(11-8-19)16-18-13-17(6-5-9-22)14-20(23)15-18/h5,9,13-15,19H,2-4,6-8,10-12,16H2,1H3/b9-5+,25-21-. The summed E-state index contributed by atoms with van der Waals surface area (Å²) >= 11 is 0. The molecule has 148 valence electrons. The van der Waals surface area contributed by atoms with Gasteiger partial charge in [0.25, 0.3) is 0 Å². The Hall–Kier alpha value is -2.08. The van der Waals surface area contributed by atoms with Crippen LogP contribution in [0.4, 0.5) is 8.78 Å². The van der Waals surface area contributed by atoms with E-state index in [0.29, 0.717) is 31.7 Å². The maximum absolute atomic E-state index is 13.8. The summed E-state index contributed by atoms with van der Waals surface area (Å²) < 4.78 is 26.0. The number of unbranched alkanes of at least 4 members (excludes halogenated alkanes) is 1. The molecule has 0 amide bonds. The van der Waals surface area contributed by atoms with Gasteiger partial charge in [0.05, 0.1) is 6.33 Å². The molecule has 27 heavy (non-hydrogen) atoms. The molecule has 0 saturated carbocycles. The lowest BCUT2D eigenvalue weighted by Gasteiger charge is -2.31. The number of allylic oxidation sites excluding steroid dienone is 1. The molecule has 1 saturated heterocycles. The largest absolute Gasteiger partial charge is 0.394 e. The number of hydrogen-bond donors (Lipinski definition) is 0. The lowest BCUT2D eigenvalue weighted by atomic mass is 9.95. The molecule has 0 bridgehead atoms. The second kappa shape index (κ2) is 11.6. The van der Waals surface area contributed by atoms with Crippen LogP contribution >= 0.6 is 0 Å². The summed E-state index contributed by atoms with van der Waals surface area (Å²) in [5.41, 5.74) is 1.69. The SMILES string of the molecule is C=N/C(=N\OCCCC)C1CCN(Cc2cc(F)cc(C/C=C/F)c2)CC1. The summed E-state index contributed by atoms with van der Waals surface area (Å²) in [5.74, 6) is 0.647. The van der Waals surface area contributed by atoms with Crippen LogP contribution in [0.2, 0.25) is 0 Å². The average molecular weight is 377 g/mol. The zero-order chi connectivity index (χ0) is 19.5. The van der Waals surface area contributed by atoms with E-state index < -0.39 is 0 Å². The van der Waals surface area contributed by atoms with Crippen LogP contribution in [-0.2, 0) is 17.8 Å². The number of oxime groups is 1. The third kappa shape index (κ3) is 7.21. The van der Waals surface area contributed by atoms with Crippen LogP contribution in [0.25, 0.3) is 0 Å². The van der Waals surface area contributed by atoms with Crippen LogP contribution in [0.1, 0.15) is 43.7 Å². The van der Waals surface area contributed by atoms with Crippen molar-refractivity contribution < 1.29 is 13.6 Å². The number of rotatable bonds is 9. The molecule has 0 unspecified atom stereocenters. The van der Waals surface area contributed by atoms with Gasteiger partial charge in [0.1, 0.15) is 12.4 Å². The van der Waals surface area contributed by atoms with Crippen molar-refractivity contribution in [3.8, 4) is 0 Å². The lowest BCUT2D eigenvalue weighted by Crippen LogP contribution is -2.35. The van der Waals surface area contributed by atoms with Gasteiger partial charge in [-0.15, -0.1) is 0 Å². The minimum Gasteiger partial charge on any atom is -0.394 e. The second-order valence-electron chi connectivity index (χ2n) is 6.88. The van der Waals surface area contributed by atoms with Gasteiger partial charge in [-0.3, -0.25) is 4.90 Å². The van der Waals surface area contributed by atoms with Gasteiger partial charge in [0, 0.05) is 12.5 Å².